The van der Waals surface area contributed by atoms with Gasteiger partial charge in [0.1, 0.15) is 0 Å². The van der Waals surface area contributed by atoms with Gasteiger partial charge in [-0.3, -0.25) is 9.59 Å². The van der Waals surface area contributed by atoms with Gasteiger partial charge in [0, 0.05) is 14.9 Å². The molecule has 7 heteroatoms. The number of nitrogens with one attached hydrogen (secondary N) is 1. The van der Waals surface area contributed by atoms with Gasteiger partial charge in [-0.15, -0.1) is 11.8 Å². The van der Waals surface area contributed by atoms with E-state index >= 15 is 0 Å². The number of benzene rings is 2. The Bertz CT molecular complexity index is 768. The Morgan fingerprint density at radius 2 is 1.92 bits per heavy atom. The van der Waals surface area contributed by atoms with Crippen LogP contribution in [0.2, 0.25) is 10.0 Å². The highest BCUT2D eigenvalue weighted by Gasteiger charge is 2.17. The van der Waals surface area contributed by atoms with Gasteiger partial charge < -0.3 is 11.1 Å². The topological polar surface area (TPSA) is 72.2 Å². The molecule has 0 fully saturated rings. The van der Waals surface area contributed by atoms with Gasteiger partial charge in [-0.1, -0.05) is 41.4 Å². The van der Waals surface area contributed by atoms with E-state index in [4.69, 9.17) is 28.9 Å². The van der Waals surface area contributed by atoms with Gasteiger partial charge in [-0.05, 0) is 36.8 Å². The predicted molar refractivity (Wildman–Crippen MR) is 98.7 cm³/mol. The van der Waals surface area contributed by atoms with Crippen molar-refractivity contribution in [1.82, 2.24) is 5.32 Å². The molecule has 1 unspecified atom stereocenters. The van der Waals surface area contributed by atoms with Gasteiger partial charge in [0.05, 0.1) is 17.4 Å². The molecule has 0 saturated heterocycles. The molecule has 2 aromatic rings. The van der Waals surface area contributed by atoms with Gasteiger partial charge in [0.2, 0.25) is 5.91 Å². The Kier molecular flexibility index (Phi) is 6.54. The first-order valence-corrected chi connectivity index (χ1v) is 8.88. The second kappa shape index (κ2) is 8.42. The fourth-order valence-corrected chi connectivity index (χ4v) is 3.49. The zero-order chi connectivity index (χ0) is 17.7. The number of carbonyl (C=O) groups is 2. The van der Waals surface area contributed by atoms with Gasteiger partial charge in [-0.2, -0.15) is 0 Å². The lowest BCUT2D eigenvalue weighted by Crippen LogP contribution is -2.27. The third-order valence-electron chi connectivity index (χ3n) is 3.28. The van der Waals surface area contributed by atoms with Crippen molar-refractivity contribution in [3.8, 4) is 0 Å². The van der Waals surface area contributed by atoms with E-state index in [1.807, 2.05) is 6.92 Å². The van der Waals surface area contributed by atoms with Crippen molar-refractivity contribution in [3.05, 3.63) is 63.6 Å². The summed E-state index contributed by atoms with van der Waals surface area (Å²) >= 11 is 13.3. The van der Waals surface area contributed by atoms with E-state index in [9.17, 15) is 9.59 Å². The SMILES string of the molecule is CC(NC(=O)c1ccccc1SCC(N)=O)c1ccc(Cl)cc1Cl. The van der Waals surface area contributed by atoms with Gasteiger partial charge in [0.15, 0.2) is 0 Å². The van der Waals surface area contributed by atoms with Crippen LogP contribution >= 0.6 is 35.0 Å². The average molecular weight is 383 g/mol. The molecule has 0 aliphatic carbocycles. The number of primary amides is 1. The lowest BCUT2D eigenvalue weighted by molar-refractivity contribution is -0.115. The standard InChI is InChI=1S/C17H16Cl2N2O2S/c1-10(12-7-6-11(18)8-14(12)19)21-17(23)13-4-2-3-5-15(13)24-9-16(20)22/h2-8,10H,9H2,1H3,(H2,20,22)(H,21,23). The third kappa shape index (κ3) is 4.90. The van der Waals surface area contributed by atoms with Crippen LogP contribution in [0.3, 0.4) is 0 Å². The van der Waals surface area contributed by atoms with Gasteiger partial charge in [0.25, 0.3) is 5.91 Å². The lowest BCUT2D eigenvalue weighted by atomic mass is 10.1. The summed E-state index contributed by atoms with van der Waals surface area (Å²) in [5.74, 6) is -0.569. The molecule has 0 bridgehead atoms. The van der Waals surface area contributed by atoms with E-state index in [0.29, 0.717) is 20.5 Å². The first-order chi connectivity index (χ1) is 11.4. The molecule has 0 aliphatic rings. The molecule has 0 aromatic heterocycles. The summed E-state index contributed by atoms with van der Waals surface area (Å²) < 4.78 is 0. The Morgan fingerprint density at radius 3 is 2.58 bits per heavy atom. The fraction of sp³-hybridized carbons (Fsp3) is 0.176. The number of hydrogen-bond acceptors (Lipinski definition) is 3. The zero-order valence-corrected chi connectivity index (χ0v) is 15.2. The van der Waals surface area contributed by atoms with Crippen LogP contribution in [-0.4, -0.2) is 17.6 Å². The van der Waals surface area contributed by atoms with Crippen LogP contribution in [0, 0.1) is 0 Å². The van der Waals surface area contributed by atoms with Gasteiger partial charge in [-0.25, -0.2) is 0 Å². The number of carbonyl (C=O) groups excluding carboxylic acids is 2. The molecule has 0 heterocycles. The van der Waals surface area contributed by atoms with Crippen LogP contribution < -0.4 is 11.1 Å². The van der Waals surface area contributed by atoms with Crippen LogP contribution in [0.1, 0.15) is 28.9 Å². The van der Waals surface area contributed by atoms with E-state index in [-0.39, 0.29) is 17.7 Å². The maximum atomic E-state index is 12.6. The van der Waals surface area contributed by atoms with Crippen LogP contribution in [-0.2, 0) is 4.79 Å². The highest BCUT2D eigenvalue weighted by atomic mass is 35.5. The number of nitrogens with two attached hydrogens (primary N) is 1. The van der Waals surface area contributed by atoms with Crippen LogP contribution in [0.5, 0.6) is 0 Å². The Hall–Kier alpha value is -1.69. The van der Waals surface area contributed by atoms with Crippen molar-refractivity contribution < 1.29 is 9.59 Å². The van der Waals surface area contributed by atoms with Crippen molar-refractivity contribution in [1.29, 1.82) is 0 Å². The van der Waals surface area contributed by atoms with E-state index in [2.05, 4.69) is 5.32 Å². The third-order valence-corrected chi connectivity index (χ3v) is 4.94. The number of thioether (sulfide) groups is 1. The second-order valence-electron chi connectivity index (χ2n) is 5.11. The van der Waals surface area contributed by atoms with Crippen LogP contribution in [0.15, 0.2) is 47.4 Å². The predicted octanol–water partition coefficient (Wildman–Crippen LogP) is 4.06. The quantitative estimate of drug-likeness (QED) is 0.739. The zero-order valence-electron chi connectivity index (χ0n) is 12.9. The molecule has 2 amide bonds. The molecule has 2 aromatic carbocycles. The van der Waals surface area contributed by atoms with Crippen molar-refractivity contribution in [2.75, 3.05) is 5.75 Å². The molecule has 1 atom stereocenters. The number of rotatable bonds is 6. The molecule has 0 saturated carbocycles. The Labute approximate surface area is 154 Å². The smallest absolute Gasteiger partial charge is 0.252 e. The highest BCUT2D eigenvalue weighted by Crippen LogP contribution is 2.27. The maximum absolute atomic E-state index is 12.6. The minimum atomic E-state index is -0.434. The summed E-state index contributed by atoms with van der Waals surface area (Å²) in [7, 11) is 0. The first kappa shape index (κ1) is 18.6. The number of hydrogen-bond donors (Lipinski definition) is 2. The lowest BCUT2D eigenvalue weighted by Gasteiger charge is -2.17. The highest BCUT2D eigenvalue weighted by molar-refractivity contribution is 8.00. The Morgan fingerprint density at radius 1 is 1.21 bits per heavy atom. The number of halogens is 2. The summed E-state index contributed by atoms with van der Waals surface area (Å²) in [6, 6.07) is 11.9. The molecule has 3 N–H and O–H groups in total. The molecule has 4 nitrogen and oxygen atoms in total. The second-order valence-corrected chi connectivity index (χ2v) is 6.97. The molecular weight excluding hydrogens is 367 g/mol. The number of amides is 2. The van der Waals surface area contributed by atoms with Gasteiger partial charge >= 0.3 is 0 Å². The molecule has 2 rings (SSSR count). The summed E-state index contributed by atoms with van der Waals surface area (Å²) in [4.78, 5) is 24.2. The minimum absolute atomic E-state index is 0.114. The summed E-state index contributed by atoms with van der Waals surface area (Å²) in [5.41, 5.74) is 6.43. The maximum Gasteiger partial charge on any atom is 0.252 e. The molecule has 126 valence electrons. The average Bonchev–Trinajstić information content (AvgIpc) is 2.52. The molecular formula is C17H16Cl2N2O2S. The normalized spacial score (nSPS) is 11.8. The van der Waals surface area contributed by atoms with E-state index in [1.165, 1.54) is 11.8 Å². The van der Waals surface area contributed by atoms with E-state index < -0.39 is 5.91 Å². The minimum Gasteiger partial charge on any atom is -0.369 e. The van der Waals surface area contributed by atoms with E-state index in [1.54, 1.807) is 42.5 Å². The summed E-state index contributed by atoms with van der Waals surface area (Å²) in [6.45, 7) is 1.84. The molecule has 0 spiro atoms. The molecule has 24 heavy (non-hydrogen) atoms. The van der Waals surface area contributed by atoms with Crippen molar-refractivity contribution in [2.45, 2.75) is 17.9 Å². The van der Waals surface area contributed by atoms with Crippen molar-refractivity contribution >= 4 is 46.8 Å². The summed E-state index contributed by atoms with van der Waals surface area (Å²) in [5, 5.41) is 3.93. The first-order valence-electron chi connectivity index (χ1n) is 7.14. The van der Waals surface area contributed by atoms with E-state index in [0.717, 1.165) is 5.56 Å². The summed E-state index contributed by atoms with van der Waals surface area (Å²) in [6.07, 6.45) is 0. The van der Waals surface area contributed by atoms with Crippen molar-refractivity contribution in [2.24, 2.45) is 5.73 Å². The largest absolute Gasteiger partial charge is 0.369 e. The van der Waals surface area contributed by atoms with Crippen LogP contribution in [0.25, 0.3) is 0 Å². The molecule has 0 aliphatic heterocycles. The van der Waals surface area contributed by atoms with Crippen LogP contribution in [0.4, 0.5) is 0 Å². The monoisotopic (exact) mass is 382 g/mol. The molecule has 0 radical (unpaired) electrons. The van der Waals surface area contributed by atoms with Crippen molar-refractivity contribution in [3.63, 3.8) is 0 Å². The Balaban J connectivity index is 2.16. The fourth-order valence-electron chi connectivity index (χ4n) is 2.13.